The molecule has 0 fully saturated rings. The summed E-state index contributed by atoms with van der Waals surface area (Å²) in [5.74, 6) is -1.79. The van der Waals surface area contributed by atoms with Gasteiger partial charge >= 0.3 is 0 Å². The minimum absolute atomic E-state index is 0.200. The van der Waals surface area contributed by atoms with Gasteiger partial charge in [0.2, 0.25) is 5.78 Å². The van der Waals surface area contributed by atoms with Crippen LogP contribution in [0.4, 0.5) is 4.39 Å². The van der Waals surface area contributed by atoms with Gasteiger partial charge in [0.15, 0.2) is 12.0 Å². The van der Waals surface area contributed by atoms with E-state index in [1.165, 1.54) is 23.5 Å². The number of thiazole rings is 1. The quantitative estimate of drug-likeness (QED) is 0.705. The first-order chi connectivity index (χ1) is 12.7. The van der Waals surface area contributed by atoms with Gasteiger partial charge in [-0.05, 0) is 24.3 Å². The number of para-hydroxylation sites is 1. The molecule has 4 rings (SSSR count). The number of aromatic nitrogens is 1. The third-order valence-electron chi connectivity index (χ3n) is 4.12. The van der Waals surface area contributed by atoms with E-state index in [1.807, 2.05) is 30.3 Å². The highest BCUT2D eigenvalue weighted by atomic mass is 32.1. The number of nitrogens with zero attached hydrogens (tertiary/aromatic N) is 3. The molecule has 7 heteroatoms. The molecule has 0 N–H and O–H groups in total. The highest BCUT2D eigenvalue weighted by Gasteiger charge is 2.36. The maximum Gasteiger partial charge on any atom is 0.200 e. The van der Waals surface area contributed by atoms with Gasteiger partial charge in [-0.3, -0.25) is 4.79 Å². The zero-order valence-electron chi connectivity index (χ0n) is 13.4. The van der Waals surface area contributed by atoms with Gasteiger partial charge in [0.05, 0.1) is 22.0 Å². The lowest BCUT2D eigenvalue weighted by molar-refractivity contribution is -0.129. The predicted octanol–water partition coefficient (Wildman–Crippen LogP) is 3.80. The van der Waals surface area contributed by atoms with Gasteiger partial charge in [-0.1, -0.05) is 29.4 Å². The highest BCUT2D eigenvalue weighted by molar-refractivity contribution is 7.18. The second kappa shape index (κ2) is 6.65. The number of fused-ring (bicyclic) bond motifs is 1. The van der Waals surface area contributed by atoms with Crippen molar-refractivity contribution in [2.45, 2.75) is 18.4 Å². The molecule has 3 aromatic rings. The van der Waals surface area contributed by atoms with Crippen molar-refractivity contribution in [1.29, 1.82) is 5.26 Å². The second-order valence-electron chi connectivity index (χ2n) is 5.83. The van der Waals surface area contributed by atoms with Crippen LogP contribution in [0.5, 0.6) is 0 Å². The third kappa shape index (κ3) is 2.95. The summed E-state index contributed by atoms with van der Waals surface area (Å²) in [6, 6.07) is 15.4. The van der Waals surface area contributed by atoms with Crippen LogP contribution >= 0.6 is 11.3 Å². The Morgan fingerprint density at radius 3 is 2.92 bits per heavy atom. The molecule has 1 aromatic heterocycles. The summed E-state index contributed by atoms with van der Waals surface area (Å²) in [6.45, 7) is 0. The van der Waals surface area contributed by atoms with Crippen molar-refractivity contribution in [1.82, 2.24) is 4.98 Å². The van der Waals surface area contributed by atoms with E-state index >= 15 is 0 Å². The number of oxime groups is 1. The van der Waals surface area contributed by atoms with Gasteiger partial charge in [-0.25, -0.2) is 9.37 Å². The fraction of sp³-hybridized carbons (Fsp3) is 0.158. The van der Waals surface area contributed by atoms with Crippen molar-refractivity contribution in [3.8, 4) is 6.07 Å². The third-order valence-corrected chi connectivity index (χ3v) is 5.22. The summed E-state index contributed by atoms with van der Waals surface area (Å²) in [6.07, 6.45) is -0.671. The lowest BCUT2D eigenvalue weighted by Crippen LogP contribution is -2.26. The smallest absolute Gasteiger partial charge is 0.200 e. The summed E-state index contributed by atoms with van der Waals surface area (Å²) in [7, 11) is 0. The zero-order chi connectivity index (χ0) is 18.1. The molecule has 0 bridgehead atoms. The summed E-state index contributed by atoms with van der Waals surface area (Å²) in [5.41, 5.74) is 1.81. The molecular formula is C19H12FN3O2S. The summed E-state index contributed by atoms with van der Waals surface area (Å²) in [5, 5.41) is 13.9. The van der Waals surface area contributed by atoms with Gasteiger partial charge in [0.1, 0.15) is 10.8 Å². The maximum atomic E-state index is 13.4. The number of hydrogen-bond donors (Lipinski definition) is 0. The van der Waals surface area contributed by atoms with E-state index in [9.17, 15) is 14.4 Å². The Kier molecular flexibility index (Phi) is 4.19. The lowest BCUT2D eigenvalue weighted by Gasteiger charge is -2.09. The molecular weight excluding hydrogens is 353 g/mol. The standard InChI is InChI=1S/C19H12FN3O2S/c20-12-5-3-4-11(8-12)15-9-16(25-23-15)18(24)13(10-21)19-22-14-6-1-2-7-17(14)26-19/h1-8,13,16H,9H2. The van der Waals surface area contributed by atoms with Crippen LogP contribution in [0.25, 0.3) is 10.2 Å². The van der Waals surface area contributed by atoms with Gasteiger partial charge in [-0.2, -0.15) is 5.26 Å². The predicted molar refractivity (Wildman–Crippen MR) is 95.4 cm³/mol. The molecule has 1 aliphatic rings. The van der Waals surface area contributed by atoms with Gasteiger partial charge in [0, 0.05) is 12.0 Å². The lowest BCUT2D eigenvalue weighted by atomic mass is 9.96. The molecule has 2 heterocycles. The molecule has 26 heavy (non-hydrogen) atoms. The van der Waals surface area contributed by atoms with E-state index in [0.717, 1.165) is 10.2 Å². The van der Waals surface area contributed by atoms with E-state index in [-0.39, 0.29) is 18.0 Å². The van der Waals surface area contributed by atoms with Crippen molar-refractivity contribution >= 4 is 33.0 Å². The monoisotopic (exact) mass is 365 g/mol. The molecule has 5 nitrogen and oxygen atoms in total. The Balaban J connectivity index is 1.54. The molecule has 2 atom stereocenters. The fourth-order valence-electron chi connectivity index (χ4n) is 2.81. The first kappa shape index (κ1) is 16.4. The van der Waals surface area contributed by atoms with Crippen molar-refractivity contribution in [2.75, 3.05) is 0 Å². The Hall–Kier alpha value is -3.11. The van der Waals surface area contributed by atoms with Crippen molar-refractivity contribution < 1.29 is 14.0 Å². The van der Waals surface area contributed by atoms with E-state index in [2.05, 4.69) is 10.1 Å². The first-order valence-corrected chi connectivity index (χ1v) is 8.75. The van der Waals surface area contributed by atoms with Crippen LogP contribution in [0.1, 0.15) is 22.9 Å². The molecule has 0 amide bonds. The molecule has 0 saturated carbocycles. The van der Waals surface area contributed by atoms with Crippen molar-refractivity contribution in [3.05, 3.63) is 64.9 Å². The largest absolute Gasteiger partial charge is 0.384 e. The fourth-order valence-corrected chi connectivity index (χ4v) is 3.83. The summed E-state index contributed by atoms with van der Waals surface area (Å²) < 4.78 is 14.3. The molecule has 1 aliphatic heterocycles. The van der Waals surface area contributed by atoms with Crippen LogP contribution in [-0.2, 0) is 9.63 Å². The van der Waals surface area contributed by atoms with Crippen LogP contribution in [-0.4, -0.2) is 22.6 Å². The van der Waals surface area contributed by atoms with E-state index in [0.29, 0.717) is 16.3 Å². The Morgan fingerprint density at radius 1 is 1.31 bits per heavy atom. The molecule has 0 radical (unpaired) electrons. The highest BCUT2D eigenvalue weighted by Crippen LogP contribution is 2.30. The van der Waals surface area contributed by atoms with Crippen LogP contribution in [0.2, 0.25) is 0 Å². The maximum absolute atomic E-state index is 13.4. The molecule has 2 unspecified atom stereocenters. The Morgan fingerprint density at radius 2 is 2.15 bits per heavy atom. The van der Waals surface area contributed by atoms with Crippen LogP contribution in [0.3, 0.4) is 0 Å². The molecule has 0 aliphatic carbocycles. The van der Waals surface area contributed by atoms with Crippen molar-refractivity contribution in [2.24, 2.45) is 5.16 Å². The number of halogens is 1. The number of carbonyl (C=O) groups is 1. The molecule has 0 saturated heterocycles. The normalized spacial score (nSPS) is 17.4. The van der Waals surface area contributed by atoms with E-state index < -0.39 is 12.0 Å². The zero-order valence-corrected chi connectivity index (χ0v) is 14.2. The number of nitriles is 1. The second-order valence-corrected chi connectivity index (χ2v) is 6.89. The first-order valence-electron chi connectivity index (χ1n) is 7.93. The number of carbonyl (C=O) groups excluding carboxylic acids is 1. The van der Waals surface area contributed by atoms with Gasteiger partial charge < -0.3 is 4.84 Å². The van der Waals surface area contributed by atoms with Crippen LogP contribution in [0.15, 0.2) is 53.7 Å². The summed E-state index contributed by atoms with van der Waals surface area (Å²) >= 11 is 1.32. The SMILES string of the molecule is N#CC(C(=O)C1CC(c2cccc(F)c2)=NO1)c1nc2ccccc2s1. The molecule has 0 spiro atoms. The van der Waals surface area contributed by atoms with E-state index in [4.69, 9.17) is 4.84 Å². The molecule has 128 valence electrons. The average Bonchev–Trinajstić information content (AvgIpc) is 3.29. The van der Waals surface area contributed by atoms with Gasteiger partial charge in [-0.15, -0.1) is 11.3 Å². The minimum Gasteiger partial charge on any atom is -0.384 e. The molecule has 2 aromatic carbocycles. The Bertz CT molecular complexity index is 1040. The average molecular weight is 365 g/mol. The number of Topliss-reactive ketones (excluding diaryl/α,β-unsaturated/α-hetero) is 1. The summed E-state index contributed by atoms with van der Waals surface area (Å²) in [4.78, 5) is 22.4. The van der Waals surface area contributed by atoms with Gasteiger partial charge in [0.25, 0.3) is 0 Å². The minimum atomic E-state index is -1.01. The topological polar surface area (TPSA) is 75.3 Å². The number of ketones is 1. The Labute approximate surface area is 152 Å². The van der Waals surface area contributed by atoms with E-state index in [1.54, 1.807) is 12.1 Å². The number of benzene rings is 2. The number of hydrogen-bond acceptors (Lipinski definition) is 6. The van der Waals surface area contributed by atoms with Crippen LogP contribution in [0, 0.1) is 17.1 Å². The van der Waals surface area contributed by atoms with Crippen molar-refractivity contribution in [3.63, 3.8) is 0 Å². The number of rotatable bonds is 4. The van der Waals surface area contributed by atoms with Crippen LogP contribution < -0.4 is 0 Å².